The van der Waals surface area contributed by atoms with Crippen molar-refractivity contribution in [1.82, 2.24) is 5.32 Å². The van der Waals surface area contributed by atoms with Crippen LogP contribution in [-0.4, -0.2) is 17.0 Å². The number of aryl methyl sites for hydroxylation is 1. The van der Waals surface area contributed by atoms with E-state index in [4.69, 9.17) is 11.6 Å². The minimum Gasteiger partial charge on any atom is -0.477 e. The maximum atomic E-state index is 12.1. The molecular weight excluding hydrogens is 302 g/mol. The second kappa shape index (κ2) is 6.91. The quantitative estimate of drug-likeness (QED) is 0.849. The van der Waals surface area contributed by atoms with E-state index in [0.29, 0.717) is 16.1 Å². The first kappa shape index (κ1) is 15.8. The SMILES string of the molecule is Cc1cccc(C(=O)NC(=Cc2ccc(Cl)cc2)C(=O)O)c1. The Kier molecular flexibility index (Phi) is 4.96. The molecule has 0 aliphatic carbocycles. The highest BCUT2D eigenvalue weighted by Gasteiger charge is 2.13. The molecule has 0 spiro atoms. The van der Waals surface area contributed by atoms with E-state index in [9.17, 15) is 14.7 Å². The average molecular weight is 316 g/mol. The molecule has 0 bridgehead atoms. The van der Waals surface area contributed by atoms with Crippen LogP contribution in [0.15, 0.2) is 54.2 Å². The molecule has 0 aliphatic heterocycles. The molecule has 2 aromatic rings. The summed E-state index contributed by atoms with van der Waals surface area (Å²) in [5.41, 5.74) is 1.76. The monoisotopic (exact) mass is 315 g/mol. The van der Waals surface area contributed by atoms with Crippen LogP contribution in [0.1, 0.15) is 21.5 Å². The Labute approximate surface area is 133 Å². The number of benzene rings is 2. The zero-order valence-corrected chi connectivity index (χ0v) is 12.6. The first-order chi connectivity index (χ1) is 10.5. The maximum absolute atomic E-state index is 12.1. The smallest absolute Gasteiger partial charge is 0.352 e. The number of rotatable bonds is 4. The third-order valence-electron chi connectivity index (χ3n) is 2.94. The van der Waals surface area contributed by atoms with Gasteiger partial charge in [0.1, 0.15) is 5.70 Å². The van der Waals surface area contributed by atoms with E-state index in [-0.39, 0.29) is 5.70 Å². The van der Waals surface area contributed by atoms with Crippen LogP contribution in [0.4, 0.5) is 0 Å². The third-order valence-corrected chi connectivity index (χ3v) is 3.19. The van der Waals surface area contributed by atoms with Gasteiger partial charge in [-0.15, -0.1) is 0 Å². The highest BCUT2D eigenvalue weighted by molar-refractivity contribution is 6.30. The molecule has 0 saturated carbocycles. The molecule has 5 heteroatoms. The highest BCUT2D eigenvalue weighted by Crippen LogP contribution is 2.12. The summed E-state index contributed by atoms with van der Waals surface area (Å²) in [4.78, 5) is 23.4. The van der Waals surface area contributed by atoms with Crippen molar-refractivity contribution in [3.05, 3.63) is 75.9 Å². The van der Waals surface area contributed by atoms with Gasteiger partial charge in [0.25, 0.3) is 5.91 Å². The molecule has 0 aromatic heterocycles. The third kappa shape index (κ3) is 4.20. The number of nitrogens with one attached hydrogen (secondary N) is 1. The lowest BCUT2D eigenvalue weighted by Crippen LogP contribution is -2.27. The van der Waals surface area contributed by atoms with Crippen molar-refractivity contribution >= 4 is 29.6 Å². The lowest BCUT2D eigenvalue weighted by atomic mass is 10.1. The van der Waals surface area contributed by atoms with Crippen molar-refractivity contribution in [3.8, 4) is 0 Å². The summed E-state index contributed by atoms with van der Waals surface area (Å²) in [7, 11) is 0. The van der Waals surface area contributed by atoms with Crippen LogP contribution >= 0.6 is 11.6 Å². The Morgan fingerprint density at radius 2 is 1.82 bits per heavy atom. The predicted molar refractivity (Wildman–Crippen MR) is 85.7 cm³/mol. The van der Waals surface area contributed by atoms with E-state index in [2.05, 4.69) is 5.32 Å². The number of carbonyl (C=O) groups is 2. The van der Waals surface area contributed by atoms with Gasteiger partial charge in [-0.2, -0.15) is 0 Å². The fraction of sp³-hybridized carbons (Fsp3) is 0.0588. The second-order valence-electron chi connectivity index (χ2n) is 4.74. The van der Waals surface area contributed by atoms with E-state index >= 15 is 0 Å². The summed E-state index contributed by atoms with van der Waals surface area (Å²) < 4.78 is 0. The summed E-state index contributed by atoms with van der Waals surface area (Å²) in [6.07, 6.45) is 1.38. The van der Waals surface area contributed by atoms with Gasteiger partial charge in [0.2, 0.25) is 0 Å². The van der Waals surface area contributed by atoms with Crippen LogP contribution in [-0.2, 0) is 4.79 Å². The van der Waals surface area contributed by atoms with Crippen molar-refractivity contribution in [2.24, 2.45) is 0 Å². The van der Waals surface area contributed by atoms with Crippen molar-refractivity contribution in [2.75, 3.05) is 0 Å². The van der Waals surface area contributed by atoms with Gasteiger partial charge in [-0.3, -0.25) is 4.79 Å². The summed E-state index contributed by atoms with van der Waals surface area (Å²) in [5.74, 6) is -1.68. The molecule has 0 unspecified atom stereocenters. The van der Waals surface area contributed by atoms with Crippen LogP contribution in [0.3, 0.4) is 0 Å². The average Bonchev–Trinajstić information content (AvgIpc) is 2.48. The lowest BCUT2D eigenvalue weighted by Gasteiger charge is -2.07. The number of aliphatic carboxylic acids is 1. The Morgan fingerprint density at radius 1 is 1.14 bits per heavy atom. The van der Waals surface area contributed by atoms with E-state index in [1.165, 1.54) is 6.08 Å². The number of amides is 1. The van der Waals surface area contributed by atoms with Gasteiger partial charge in [-0.05, 0) is 42.8 Å². The number of carboxylic acid groups (broad SMARTS) is 1. The molecule has 2 N–H and O–H groups in total. The van der Waals surface area contributed by atoms with Gasteiger partial charge in [0.15, 0.2) is 0 Å². The van der Waals surface area contributed by atoms with Crippen molar-refractivity contribution in [1.29, 1.82) is 0 Å². The summed E-state index contributed by atoms with van der Waals surface area (Å²) in [6, 6.07) is 13.6. The van der Waals surface area contributed by atoms with Crippen molar-refractivity contribution < 1.29 is 14.7 Å². The molecule has 0 fully saturated rings. The fourth-order valence-electron chi connectivity index (χ4n) is 1.86. The van der Waals surface area contributed by atoms with Crippen LogP contribution in [0.25, 0.3) is 6.08 Å². The molecule has 2 rings (SSSR count). The Morgan fingerprint density at radius 3 is 2.41 bits per heavy atom. The van der Waals surface area contributed by atoms with Crippen LogP contribution in [0.5, 0.6) is 0 Å². The second-order valence-corrected chi connectivity index (χ2v) is 5.17. The van der Waals surface area contributed by atoms with Gasteiger partial charge in [-0.1, -0.05) is 41.4 Å². The number of hydrogen-bond acceptors (Lipinski definition) is 2. The Balaban J connectivity index is 2.24. The van der Waals surface area contributed by atoms with E-state index in [0.717, 1.165) is 5.56 Å². The number of halogens is 1. The van der Waals surface area contributed by atoms with Gasteiger partial charge in [0, 0.05) is 10.6 Å². The zero-order valence-electron chi connectivity index (χ0n) is 11.8. The van der Waals surface area contributed by atoms with Gasteiger partial charge >= 0.3 is 5.97 Å². The molecule has 1 amide bonds. The standard InChI is InChI=1S/C17H14ClNO3/c1-11-3-2-4-13(9-11)16(20)19-15(17(21)22)10-12-5-7-14(18)8-6-12/h2-10H,1H3,(H,19,20)(H,21,22). The first-order valence-electron chi connectivity index (χ1n) is 6.54. The lowest BCUT2D eigenvalue weighted by molar-refractivity contribution is -0.132. The zero-order chi connectivity index (χ0) is 16.1. The highest BCUT2D eigenvalue weighted by atomic mass is 35.5. The summed E-state index contributed by atoms with van der Waals surface area (Å²) in [6.45, 7) is 1.86. The predicted octanol–water partition coefficient (Wildman–Crippen LogP) is 3.50. The largest absolute Gasteiger partial charge is 0.477 e. The molecule has 0 radical (unpaired) electrons. The van der Waals surface area contributed by atoms with Crippen LogP contribution < -0.4 is 5.32 Å². The number of carboxylic acids is 1. The summed E-state index contributed by atoms with van der Waals surface area (Å²) in [5, 5.41) is 12.2. The molecule has 0 atom stereocenters. The fourth-order valence-corrected chi connectivity index (χ4v) is 1.98. The summed E-state index contributed by atoms with van der Waals surface area (Å²) >= 11 is 5.78. The van der Waals surface area contributed by atoms with Gasteiger partial charge in [0.05, 0.1) is 0 Å². The minimum atomic E-state index is -1.21. The molecule has 0 aliphatic rings. The Hall–Kier alpha value is -2.59. The number of carbonyl (C=O) groups excluding carboxylic acids is 1. The van der Waals surface area contributed by atoms with Gasteiger partial charge in [-0.25, -0.2) is 4.79 Å². The van der Waals surface area contributed by atoms with Crippen LogP contribution in [0.2, 0.25) is 5.02 Å². The number of hydrogen-bond donors (Lipinski definition) is 2. The van der Waals surface area contributed by atoms with E-state index in [1.807, 2.05) is 13.0 Å². The van der Waals surface area contributed by atoms with Crippen molar-refractivity contribution in [3.63, 3.8) is 0 Å². The molecule has 22 heavy (non-hydrogen) atoms. The first-order valence-corrected chi connectivity index (χ1v) is 6.92. The molecule has 0 saturated heterocycles. The molecule has 112 valence electrons. The van der Waals surface area contributed by atoms with Gasteiger partial charge < -0.3 is 10.4 Å². The van der Waals surface area contributed by atoms with Crippen molar-refractivity contribution in [2.45, 2.75) is 6.92 Å². The van der Waals surface area contributed by atoms with E-state index < -0.39 is 11.9 Å². The van der Waals surface area contributed by atoms with E-state index in [1.54, 1.807) is 42.5 Å². The molecule has 4 nitrogen and oxygen atoms in total. The topological polar surface area (TPSA) is 66.4 Å². The minimum absolute atomic E-state index is 0.200. The Bertz CT molecular complexity index is 736. The molecule has 2 aromatic carbocycles. The normalized spacial score (nSPS) is 11.1. The molecular formula is C17H14ClNO3. The maximum Gasteiger partial charge on any atom is 0.352 e. The van der Waals surface area contributed by atoms with Crippen LogP contribution in [0, 0.1) is 6.92 Å². The molecule has 0 heterocycles.